The summed E-state index contributed by atoms with van der Waals surface area (Å²) in [6.45, 7) is 1.63. The highest BCUT2D eigenvalue weighted by molar-refractivity contribution is 6.33. The van der Waals surface area contributed by atoms with E-state index in [1.54, 1.807) is 37.3 Å². The van der Waals surface area contributed by atoms with E-state index < -0.39 is 18.0 Å². The number of halogens is 1. The first kappa shape index (κ1) is 18.6. The van der Waals surface area contributed by atoms with Crippen molar-refractivity contribution in [2.75, 3.05) is 12.4 Å². The van der Waals surface area contributed by atoms with Gasteiger partial charge in [0.25, 0.3) is 5.91 Å². The Labute approximate surface area is 161 Å². The maximum Gasteiger partial charge on any atom is 0.319 e. The molecule has 0 saturated carbocycles. The average Bonchev–Trinajstić information content (AvgIpc) is 2.64. The lowest BCUT2D eigenvalue weighted by Crippen LogP contribution is -2.46. The van der Waals surface area contributed by atoms with Gasteiger partial charge in [-0.3, -0.25) is 4.79 Å². The summed E-state index contributed by atoms with van der Waals surface area (Å²) in [5.41, 5.74) is 1.66. The first-order chi connectivity index (χ1) is 12.9. The number of phenols is 1. The van der Waals surface area contributed by atoms with Crippen LogP contribution >= 0.6 is 11.6 Å². The van der Waals surface area contributed by atoms with E-state index in [9.17, 15) is 14.7 Å². The monoisotopic (exact) mass is 387 g/mol. The summed E-state index contributed by atoms with van der Waals surface area (Å²) >= 11 is 6.28. The van der Waals surface area contributed by atoms with E-state index in [1.165, 1.54) is 13.2 Å². The zero-order valence-corrected chi connectivity index (χ0v) is 15.4. The number of phenolic OH excluding ortho intramolecular Hbond substituents is 1. The van der Waals surface area contributed by atoms with Gasteiger partial charge in [0.2, 0.25) is 0 Å². The van der Waals surface area contributed by atoms with Gasteiger partial charge in [-0.1, -0.05) is 35.9 Å². The molecule has 3 amide bonds. The molecule has 0 spiro atoms. The van der Waals surface area contributed by atoms with Crippen LogP contribution in [0, 0.1) is 0 Å². The average molecular weight is 388 g/mol. The van der Waals surface area contributed by atoms with Crippen molar-refractivity contribution >= 4 is 29.2 Å². The first-order valence-electron chi connectivity index (χ1n) is 8.12. The summed E-state index contributed by atoms with van der Waals surface area (Å²) in [7, 11) is 1.40. The number of carbonyl (C=O) groups is 2. The molecule has 2 aromatic carbocycles. The Bertz CT molecular complexity index is 928. The van der Waals surface area contributed by atoms with Crippen LogP contribution in [0.1, 0.15) is 18.5 Å². The maximum absolute atomic E-state index is 12.9. The van der Waals surface area contributed by atoms with Crippen molar-refractivity contribution < 1.29 is 19.4 Å². The fraction of sp³-hybridized carbons (Fsp3) is 0.158. The Morgan fingerprint density at radius 2 is 1.93 bits per heavy atom. The second-order valence-electron chi connectivity index (χ2n) is 5.91. The van der Waals surface area contributed by atoms with Gasteiger partial charge in [0.15, 0.2) is 11.5 Å². The number of para-hydroxylation sites is 1. The molecule has 0 aliphatic carbocycles. The summed E-state index contributed by atoms with van der Waals surface area (Å²) in [5.74, 6) is -0.465. The number of allylic oxidation sites excluding steroid dienone is 1. The minimum Gasteiger partial charge on any atom is -0.503 e. The van der Waals surface area contributed by atoms with E-state index in [1.807, 2.05) is 6.07 Å². The molecular weight excluding hydrogens is 370 g/mol. The van der Waals surface area contributed by atoms with Gasteiger partial charge in [0.05, 0.1) is 23.7 Å². The van der Waals surface area contributed by atoms with E-state index in [4.69, 9.17) is 16.3 Å². The molecule has 1 atom stereocenters. The second kappa shape index (κ2) is 7.59. The van der Waals surface area contributed by atoms with Gasteiger partial charge in [0, 0.05) is 16.9 Å². The summed E-state index contributed by atoms with van der Waals surface area (Å²) < 4.78 is 5.04. The first-order valence-corrected chi connectivity index (χ1v) is 8.50. The maximum atomic E-state index is 12.9. The highest BCUT2D eigenvalue weighted by Crippen LogP contribution is 2.41. The lowest BCUT2D eigenvalue weighted by molar-refractivity contribution is -0.113. The highest BCUT2D eigenvalue weighted by Gasteiger charge is 2.33. The van der Waals surface area contributed by atoms with Gasteiger partial charge >= 0.3 is 6.03 Å². The minimum absolute atomic E-state index is 0.000592. The standard InChI is InChI=1S/C19H18ClN3O4/c1-10-14(18(25)22-11-6-4-3-5-7-11)16(23-19(26)21-10)12-8-9-13(27-2)17(24)15(12)20/h3-9,16,24H,1-2H3,(H,22,25)(H2,21,23,26)/t16-/m1/s1. The van der Waals surface area contributed by atoms with Gasteiger partial charge < -0.3 is 25.8 Å². The van der Waals surface area contributed by atoms with Crippen LogP contribution in [0.15, 0.2) is 53.7 Å². The molecule has 0 aromatic heterocycles. The number of benzene rings is 2. The molecule has 0 fully saturated rings. The molecule has 4 N–H and O–H groups in total. The third-order valence-electron chi connectivity index (χ3n) is 4.19. The van der Waals surface area contributed by atoms with E-state index >= 15 is 0 Å². The van der Waals surface area contributed by atoms with Crippen LogP contribution < -0.4 is 20.7 Å². The molecule has 2 aromatic rings. The fourth-order valence-corrected chi connectivity index (χ4v) is 3.16. The third kappa shape index (κ3) is 3.68. The molecule has 8 heteroatoms. The van der Waals surface area contributed by atoms with Crippen molar-refractivity contribution in [2.45, 2.75) is 13.0 Å². The van der Waals surface area contributed by atoms with Crippen molar-refractivity contribution in [3.8, 4) is 11.5 Å². The number of hydrogen-bond acceptors (Lipinski definition) is 4. The van der Waals surface area contributed by atoms with E-state index in [-0.39, 0.29) is 22.1 Å². The molecular formula is C19H18ClN3O4. The molecule has 1 aliphatic heterocycles. The predicted molar refractivity (Wildman–Crippen MR) is 102 cm³/mol. The lowest BCUT2D eigenvalue weighted by Gasteiger charge is -2.29. The van der Waals surface area contributed by atoms with Crippen LogP contribution in [-0.4, -0.2) is 24.2 Å². The zero-order valence-electron chi connectivity index (χ0n) is 14.7. The lowest BCUT2D eigenvalue weighted by atomic mass is 9.94. The number of nitrogens with one attached hydrogen (secondary N) is 3. The van der Waals surface area contributed by atoms with Crippen LogP contribution in [0.5, 0.6) is 11.5 Å². The molecule has 0 bridgehead atoms. The van der Waals surface area contributed by atoms with E-state index in [0.29, 0.717) is 16.9 Å². The Morgan fingerprint density at radius 3 is 2.59 bits per heavy atom. The molecule has 1 aliphatic rings. The summed E-state index contributed by atoms with van der Waals surface area (Å²) in [6.07, 6.45) is 0. The van der Waals surface area contributed by atoms with Crippen LogP contribution in [0.2, 0.25) is 5.02 Å². The van der Waals surface area contributed by atoms with E-state index in [2.05, 4.69) is 16.0 Å². The van der Waals surface area contributed by atoms with Crippen LogP contribution in [-0.2, 0) is 4.79 Å². The molecule has 0 unspecified atom stereocenters. The summed E-state index contributed by atoms with van der Waals surface area (Å²) in [5, 5.41) is 18.3. The number of aromatic hydroxyl groups is 1. The number of hydrogen-bond donors (Lipinski definition) is 4. The molecule has 3 rings (SSSR count). The Morgan fingerprint density at radius 1 is 1.22 bits per heavy atom. The third-order valence-corrected chi connectivity index (χ3v) is 4.58. The zero-order chi connectivity index (χ0) is 19.6. The normalized spacial score (nSPS) is 16.4. The number of carbonyl (C=O) groups excluding carboxylic acids is 2. The molecule has 0 saturated heterocycles. The minimum atomic E-state index is -0.841. The number of amides is 3. The van der Waals surface area contributed by atoms with Gasteiger partial charge in [-0.05, 0) is 25.1 Å². The largest absolute Gasteiger partial charge is 0.503 e. The van der Waals surface area contributed by atoms with Crippen molar-refractivity contribution in [1.29, 1.82) is 0 Å². The SMILES string of the molecule is COc1ccc([C@H]2NC(=O)NC(C)=C2C(=O)Nc2ccccc2)c(Cl)c1O. The van der Waals surface area contributed by atoms with Crippen molar-refractivity contribution in [2.24, 2.45) is 0 Å². The van der Waals surface area contributed by atoms with Crippen molar-refractivity contribution in [3.05, 3.63) is 64.3 Å². The van der Waals surface area contributed by atoms with Gasteiger partial charge in [0.1, 0.15) is 0 Å². The van der Waals surface area contributed by atoms with Crippen molar-refractivity contribution in [3.63, 3.8) is 0 Å². The fourth-order valence-electron chi connectivity index (χ4n) is 2.90. The molecule has 1 heterocycles. The van der Waals surface area contributed by atoms with Crippen LogP contribution in [0.25, 0.3) is 0 Å². The number of methoxy groups -OCH3 is 1. The molecule has 0 radical (unpaired) electrons. The Hall–Kier alpha value is -3.19. The number of anilines is 1. The Balaban J connectivity index is 2.02. The second-order valence-corrected chi connectivity index (χ2v) is 6.29. The number of ether oxygens (including phenoxy) is 1. The van der Waals surface area contributed by atoms with E-state index in [0.717, 1.165) is 0 Å². The van der Waals surface area contributed by atoms with Gasteiger partial charge in [-0.15, -0.1) is 0 Å². The summed E-state index contributed by atoms with van der Waals surface area (Å²) in [4.78, 5) is 24.9. The van der Waals surface area contributed by atoms with Crippen molar-refractivity contribution in [1.82, 2.24) is 10.6 Å². The molecule has 27 heavy (non-hydrogen) atoms. The Kier molecular flexibility index (Phi) is 5.23. The van der Waals surface area contributed by atoms with Crippen LogP contribution in [0.4, 0.5) is 10.5 Å². The molecule has 140 valence electrons. The molecule has 7 nitrogen and oxygen atoms in total. The van der Waals surface area contributed by atoms with Gasteiger partial charge in [-0.25, -0.2) is 4.79 Å². The predicted octanol–water partition coefficient (Wildman–Crippen LogP) is 3.32. The smallest absolute Gasteiger partial charge is 0.319 e. The highest BCUT2D eigenvalue weighted by atomic mass is 35.5. The quantitative estimate of drug-likeness (QED) is 0.646. The van der Waals surface area contributed by atoms with Gasteiger partial charge in [-0.2, -0.15) is 0 Å². The topological polar surface area (TPSA) is 99.7 Å². The summed E-state index contributed by atoms with van der Waals surface area (Å²) in [6, 6.07) is 10.7. The van der Waals surface area contributed by atoms with Crippen LogP contribution in [0.3, 0.4) is 0 Å². The number of urea groups is 1. The number of rotatable bonds is 4.